The first-order chi connectivity index (χ1) is 15.6. The number of fused-ring (bicyclic) bond motifs is 1. The highest BCUT2D eigenvalue weighted by Gasteiger charge is 2.33. The van der Waals surface area contributed by atoms with Crippen molar-refractivity contribution >= 4 is 17.2 Å². The van der Waals surface area contributed by atoms with Crippen LogP contribution in [0.1, 0.15) is 16.5 Å². The zero-order valence-electron chi connectivity index (χ0n) is 18.7. The van der Waals surface area contributed by atoms with Gasteiger partial charge in [-0.1, -0.05) is 18.2 Å². The molecule has 1 amide bonds. The van der Waals surface area contributed by atoms with E-state index < -0.39 is 6.10 Å². The van der Waals surface area contributed by atoms with Crippen molar-refractivity contribution in [3.8, 4) is 11.5 Å². The standard InChI is InChI=1S/C24H32N2O5S/c1-4-11-25(14-18(27)16-29-2)15-24(28)26-12-9-23-19(10-13-32-23)20(26)17-31-22-8-6-5-7-21(22)30-3/h4-8,10,13,18,20,27H,1,9,11-12,14-17H2,2-3H3/t18-,20-/m0/s1. The fourth-order valence-electron chi connectivity index (χ4n) is 3.99. The summed E-state index contributed by atoms with van der Waals surface area (Å²) in [5.74, 6) is 1.32. The molecule has 0 saturated carbocycles. The fourth-order valence-corrected chi connectivity index (χ4v) is 4.92. The second kappa shape index (κ2) is 12.0. The van der Waals surface area contributed by atoms with Crippen molar-refractivity contribution in [2.75, 3.05) is 53.6 Å². The SMILES string of the molecule is C=CCN(CC(=O)N1CCc2sccc2[C@@H]1COc1ccccc1OC)C[C@H](O)COC. The molecular weight excluding hydrogens is 428 g/mol. The largest absolute Gasteiger partial charge is 0.493 e. The van der Waals surface area contributed by atoms with Gasteiger partial charge in [0, 0.05) is 31.6 Å². The molecule has 174 valence electrons. The molecule has 32 heavy (non-hydrogen) atoms. The smallest absolute Gasteiger partial charge is 0.237 e. The number of methoxy groups -OCH3 is 2. The minimum atomic E-state index is -0.665. The van der Waals surface area contributed by atoms with E-state index in [2.05, 4.69) is 18.0 Å². The Morgan fingerprint density at radius 3 is 2.84 bits per heavy atom. The van der Waals surface area contributed by atoms with Crippen molar-refractivity contribution in [3.05, 3.63) is 58.8 Å². The molecule has 8 heteroatoms. The highest BCUT2D eigenvalue weighted by molar-refractivity contribution is 7.10. The Hall–Kier alpha value is -2.39. The van der Waals surface area contributed by atoms with Crippen LogP contribution in [-0.2, 0) is 16.0 Å². The number of thiophene rings is 1. The molecule has 2 aromatic rings. The Kier molecular flexibility index (Phi) is 9.11. The lowest BCUT2D eigenvalue weighted by Crippen LogP contribution is -2.48. The average Bonchev–Trinajstić information content (AvgIpc) is 3.27. The van der Waals surface area contributed by atoms with E-state index in [1.165, 1.54) is 4.88 Å². The molecule has 0 bridgehead atoms. The van der Waals surface area contributed by atoms with Gasteiger partial charge in [0.2, 0.25) is 5.91 Å². The van der Waals surface area contributed by atoms with E-state index in [-0.39, 0.29) is 25.1 Å². The summed E-state index contributed by atoms with van der Waals surface area (Å²) >= 11 is 1.72. The minimum absolute atomic E-state index is 0.00180. The maximum atomic E-state index is 13.4. The molecule has 7 nitrogen and oxygen atoms in total. The number of carbonyl (C=O) groups excluding carboxylic acids is 1. The summed E-state index contributed by atoms with van der Waals surface area (Å²) in [5, 5.41) is 12.2. The number of aliphatic hydroxyl groups excluding tert-OH is 1. The molecule has 3 rings (SSSR count). The quantitative estimate of drug-likeness (QED) is 0.491. The van der Waals surface area contributed by atoms with Crippen molar-refractivity contribution in [3.63, 3.8) is 0 Å². The van der Waals surface area contributed by atoms with Gasteiger partial charge in [-0.25, -0.2) is 0 Å². The van der Waals surface area contributed by atoms with Crippen LogP contribution in [-0.4, -0.2) is 80.5 Å². The molecule has 0 unspecified atom stereocenters. The van der Waals surface area contributed by atoms with Gasteiger partial charge in [0.15, 0.2) is 11.5 Å². The monoisotopic (exact) mass is 460 g/mol. The van der Waals surface area contributed by atoms with E-state index in [4.69, 9.17) is 14.2 Å². The summed E-state index contributed by atoms with van der Waals surface area (Å²) in [4.78, 5) is 18.4. The molecular formula is C24H32N2O5S. The van der Waals surface area contributed by atoms with Crippen LogP contribution in [0.4, 0.5) is 0 Å². The predicted octanol–water partition coefficient (Wildman–Crippen LogP) is 2.76. The average molecular weight is 461 g/mol. The number of carbonyl (C=O) groups is 1. The minimum Gasteiger partial charge on any atom is -0.493 e. The summed E-state index contributed by atoms with van der Waals surface area (Å²) in [7, 11) is 3.16. The summed E-state index contributed by atoms with van der Waals surface area (Å²) in [5.41, 5.74) is 1.14. The lowest BCUT2D eigenvalue weighted by Gasteiger charge is -2.37. The van der Waals surface area contributed by atoms with E-state index in [0.717, 1.165) is 12.0 Å². The first kappa shape index (κ1) is 24.3. The van der Waals surface area contributed by atoms with Crippen molar-refractivity contribution in [1.29, 1.82) is 0 Å². The highest BCUT2D eigenvalue weighted by atomic mass is 32.1. The molecule has 0 radical (unpaired) electrons. The Morgan fingerprint density at radius 1 is 1.34 bits per heavy atom. The summed E-state index contributed by atoms with van der Waals surface area (Å²) in [6.07, 6.45) is 1.90. The Morgan fingerprint density at radius 2 is 2.12 bits per heavy atom. The maximum Gasteiger partial charge on any atom is 0.237 e. The van der Waals surface area contributed by atoms with Gasteiger partial charge in [0.05, 0.1) is 32.4 Å². The van der Waals surface area contributed by atoms with Gasteiger partial charge in [0.1, 0.15) is 6.61 Å². The number of para-hydroxylation sites is 2. The molecule has 1 aliphatic rings. The van der Waals surface area contributed by atoms with Crippen LogP contribution >= 0.6 is 11.3 Å². The Balaban J connectivity index is 1.74. The molecule has 0 spiro atoms. The third kappa shape index (κ3) is 6.10. The zero-order valence-corrected chi connectivity index (χ0v) is 19.6. The second-order valence-electron chi connectivity index (χ2n) is 7.71. The third-order valence-corrected chi connectivity index (χ3v) is 6.45. The van der Waals surface area contributed by atoms with E-state index in [0.29, 0.717) is 37.7 Å². The molecule has 1 N–H and O–H groups in total. The van der Waals surface area contributed by atoms with E-state index >= 15 is 0 Å². The van der Waals surface area contributed by atoms with Crippen LogP contribution in [0.2, 0.25) is 0 Å². The van der Waals surface area contributed by atoms with Crippen molar-refractivity contribution < 1.29 is 24.1 Å². The van der Waals surface area contributed by atoms with Crippen LogP contribution < -0.4 is 9.47 Å². The van der Waals surface area contributed by atoms with E-state index in [1.807, 2.05) is 34.1 Å². The third-order valence-electron chi connectivity index (χ3n) is 5.46. The van der Waals surface area contributed by atoms with Crippen LogP contribution in [0.15, 0.2) is 48.4 Å². The summed E-state index contributed by atoms with van der Waals surface area (Å²) in [6, 6.07) is 9.41. The van der Waals surface area contributed by atoms with Crippen molar-refractivity contribution in [2.24, 2.45) is 0 Å². The lowest BCUT2D eigenvalue weighted by molar-refractivity contribution is -0.136. The topological polar surface area (TPSA) is 71.5 Å². The van der Waals surface area contributed by atoms with Gasteiger partial charge in [-0.05, 0) is 35.6 Å². The van der Waals surface area contributed by atoms with Gasteiger partial charge in [-0.2, -0.15) is 0 Å². The molecule has 2 atom stereocenters. The first-order valence-corrected chi connectivity index (χ1v) is 11.6. The van der Waals surface area contributed by atoms with Gasteiger partial charge >= 0.3 is 0 Å². The number of ether oxygens (including phenoxy) is 3. The lowest BCUT2D eigenvalue weighted by atomic mass is 10.0. The van der Waals surface area contributed by atoms with Gasteiger partial charge in [-0.3, -0.25) is 9.69 Å². The van der Waals surface area contributed by atoms with Crippen LogP contribution in [0.3, 0.4) is 0 Å². The van der Waals surface area contributed by atoms with E-state index in [9.17, 15) is 9.90 Å². The van der Waals surface area contributed by atoms with E-state index in [1.54, 1.807) is 31.6 Å². The van der Waals surface area contributed by atoms with Crippen LogP contribution in [0, 0.1) is 0 Å². The van der Waals surface area contributed by atoms with Gasteiger partial charge in [-0.15, -0.1) is 17.9 Å². The molecule has 1 aromatic carbocycles. The molecule has 0 saturated heterocycles. The van der Waals surface area contributed by atoms with Crippen LogP contribution in [0.5, 0.6) is 11.5 Å². The van der Waals surface area contributed by atoms with Crippen molar-refractivity contribution in [2.45, 2.75) is 18.6 Å². The highest BCUT2D eigenvalue weighted by Crippen LogP contribution is 2.35. The number of nitrogens with zero attached hydrogens (tertiary/aromatic N) is 2. The van der Waals surface area contributed by atoms with Crippen molar-refractivity contribution in [1.82, 2.24) is 9.80 Å². The number of amides is 1. The number of hydrogen-bond acceptors (Lipinski definition) is 7. The number of rotatable bonds is 12. The predicted molar refractivity (Wildman–Crippen MR) is 125 cm³/mol. The van der Waals surface area contributed by atoms with Crippen LogP contribution in [0.25, 0.3) is 0 Å². The normalized spacial score (nSPS) is 16.5. The Labute approximate surface area is 193 Å². The fraction of sp³-hybridized carbons (Fsp3) is 0.458. The molecule has 0 aliphatic carbocycles. The maximum absolute atomic E-state index is 13.4. The zero-order chi connectivity index (χ0) is 22.9. The Bertz CT molecular complexity index is 887. The number of benzene rings is 1. The van der Waals surface area contributed by atoms with Gasteiger partial charge in [0.25, 0.3) is 0 Å². The molecule has 0 fully saturated rings. The molecule has 1 aromatic heterocycles. The van der Waals surface area contributed by atoms with Gasteiger partial charge < -0.3 is 24.2 Å². The first-order valence-electron chi connectivity index (χ1n) is 10.7. The summed E-state index contributed by atoms with van der Waals surface area (Å²) in [6.45, 7) is 6.01. The molecule has 2 heterocycles. The second-order valence-corrected chi connectivity index (χ2v) is 8.71. The summed E-state index contributed by atoms with van der Waals surface area (Å²) < 4.78 is 16.5. The number of hydrogen-bond donors (Lipinski definition) is 1. The number of aliphatic hydroxyl groups is 1. The molecule has 1 aliphatic heterocycles.